The molecule has 0 aromatic carbocycles. The molecule has 2 rings (SSSR count). The van der Waals surface area contributed by atoms with E-state index in [4.69, 9.17) is 0 Å². The highest BCUT2D eigenvalue weighted by molar-refractivity contribution is 7.91. The molecule has 2 fully saturated rings. The van der Waals surface area contributed by atoms with E-state index in [1.165, 1.54) is 0 Å². The summed E-state index contributed by atoms with van der Waals surface area (Å²) < 4.78 is 20.9. The van der Waals surface area contributed by atoms with Gasteiger partial charge in [0.25, 0.3) is 0 Å². The van der Waals surface area contributed by atoms with Gasteiger partial charge < -0.3 is 9.80 Å². The van der Waals surface area contributed by atoms with E-state index < -0.39 is 9.84 Å². The second-order valence-electron chi connectivity index (χ2n) is 3.98. The number of rotatable bonds is 0. The molecule has 0 aromatic heterocycles. The molecular weight excluding hydrogens is 216 g/mol. The Morgan fingerprint density at radius 2 is 1.40 bits per heavy atom. The van der Waals surface area contributed by atoms with Gasteiger partial charge in [-0.1, -0.05) is 0 Å². The van der Waals surface area contributed by atoms with E-state index in [0.29, 0.717) is 11.5 Å². The van der Waals surface area contributed by atoms with Crippen LogP contribution >= 0.6 is 0 Å². The second kappa shape index (κ2) is 4.83. The summed E-state index contributed by atoms with van der Waals surface area (Å²) in [7, 11) is 1.08. The molecule has 0 bridgehead atoms. The van der Waals surface area contributed by atoms with Crippen molar-refractivity contribution in [1.29, 1.82) is 0 Å². The molecule has 0 N–H and O–H groups in total. The maximum Gasteiger partial charge on any atom is 0.319 e. The van der Waals surface area contributed by atoms with E-state index in [-0.39, 0.29) is 6.03 Å². The van der Waals surface area contributed by atoms with E-state index in [2.05, 4.69) is 0 Å². The first kappa shape index (κ1) is 12.3. The lowest BCUT2D eigenvalue weighted by Crippen LogP contribution is -2.25. The van der Waals surface area contributed by atoms with Crippen LogP contribution in [-0.4, -0.2) is 62.9 Å². The van der Waals surface area contributed by atoms with Gasteiger partial charge in [0.15, 0.2) is 0 Å². The van der Waals surface area contributed by atoms with Gasteiger partial charge in [-0.15, -0.1) is 0 Å². The summed E-state index contributed by atoms with van der Waals surface area (Å²) in [6.45, 7) is 1.74. The molecule has 2 saturated heterocycles. The smallest absolute Gasteiger partial charge is 0.319 e. The van der Waals surface area contributed by atoms with Crippen LogP contribution in [0.2, 0.25) is 0 Å². The summed E-state index contributed by atoms with van der Waals surface area (Å²) in [4.78, 5) is 14.2. The highest BCUT2D eigenvalue weighted by Crippen LogP contribution is 2.08. The molecule has 15 heavy (non-hydrogen) atoms. The monoisotopic (exact) mass is 234 g/mol. The molecule has 88 valence electrons. The van der Waals surface area contributed by atoms with E-state index in [0.717, 1.165) is 25.9 Å². The molecule has 0 aliphatic carbocycles. The van der Waals surface area contributed by atoms with E-state index in [1.807, 2.05) is 14.1 Å². The van der Waals surface area contributed by atoms with Crippen molar-refractivity contribution in [1.82, 2.24) is 9.80 Å². The van der Waals surface area contributed by atoms with Crippen LogP contribution in [-0.2, 0) is 9.84 Å². The van der Waals surface area contributed by atoms with Gasteiger partial charge in [-0.2, -0.15) is 0 Å². The molecule has 2 amide bonds. The minimum Gasteiger partial charge on any atom is -0.326 e. The Balaban J connectivity index is 0.000000151. The highest BCUT2D eigenvalue weighted by atomic mass is 32.2. The fraction of sp³-hybridized carbons (Fsp3) is 0.889. The Labute approximate surface area is 91.0 Å². The number of hydrogen-bond acceptors (Lipinski definition) is 3. The standard InChI is InChI=1S/C5H10N2O.C4H8O2S/c1-6-3-4-7(2)5(6)8;5-7(6)3-1-2-4-7/h3-4H2,1-2H3;1-4H2. The number of carbonyl (C=O) groups is 1. The first-order valence-corrected chi connectivity index (χ1v) is 6.91. The zero-order valence-electron chi connectivity index (χ0n) is 9.27. The van der Waals surface area contributed by atoms with Gasteiger partial charge in [-0.05, 0) is 12.8 Å². The van der Waals surface area contributed by atoms with Gasteiger partial charge in [0.1, 0.15) is 9.84 Å². The van der Waals surface area contributed by atoms with Crippen molar-refractivity contribution in [3.8, 4) is 0 Å². The fourth-order valence-corrected chi connectivity index (χ4v) is 3.02. The fourth-order valence-electron chi connectivity index (χ4n) is 1.53. The van der Waals surface area contributed by atoms with Crippen LogP contribution in [0, 0.1) is 0 Å². The molecule has 0 atom stereocenters. The number of likely N-dealkylation sites (N-methyl/N-ethyl adjacent to an activating group) is 2. The summed E-state index contributed by atoms with van der Waals surface area (Å²) in [5.74, 6) is 0.847. The van der Waals surface area contributed by atoms with Crippen LogP contribution in [0.15, 0.2) is 0 Å². The van der Waals surface area contributed by atoms with E-state index in [1.54, 1.807) is 9.80 Å². The third-order valence-electron chi connectivity index (χ3n) is 2.58. The third-order valence-corrected chi connectivity index (χ3v) is 4.41. The average Bonchev–Trinajstić information content (AvgIpc) is 2.68. The van der Waals surface area contributed by atoms with Gasteiger partial charge >= 0.3 is 6.03 Å². The zero-order valence-corrected chi connectivity index (χ0v) is 10.1. The maximum atomic E-state index is 10.8. The topological polar surface area (TPSA) is 57.7 Å². The number of amides is 2. The highest BCUT2D eigenvalue weighted by Gasteiger charge is 2.20. The van der Waals surface area contributed by atoms with Gasteiger partial charge in [-0.25, -0.2) is 13.2 Å². The van der Waals surface area contributed by atoms with Crippen LogP contribution in [0.5, 0.6) is 0 Å². The lowest BCUT2D eigenvalue weighted by Gasteiger charge is -2.07. The Bertz CT molecular complexity index is 302. The van der Waals surface area contributed by atoms with Gasteiger partial charge in [0, 0.05) is 27.2 Å². The van der Waals surface area contributed by atoms with Crippen LogP contribution in [0.1, 0.15) is 12.8 Å². The minimum atomic E-state index is -2.55. The summed E-state index contributed by atoms with van der Waals surface area (Å²) in [5.41, 5.74) is 0. The number of hydrogen-bond donors (Lipinski definition) is 0. The molecule has 2 aliphatic rings. The van der Waals surface area contributed by atoms with Crippen LogP contribution in [0.25, 0.3) is 0 Å². The van der Waals surface area contributed by atoms with Crippen molar-refractivity contribution in [2.45, 2.75) is 12.8 Å². The molecule has 5 nitrogen and oxygen atoms in total. The lowest BCUT2D eigenvalue weighted by molar-refractivity contribution is 0.205. The SMILES string of the molecule is CN1CCN(C)C1=O.O=S1(=O)CCCC1. The Morgan fingerprint density at radius 3 is 1.53 bits per heavy atom. The summed E-state index contributed by atoms with van der Waals surface area (Å²) in [5, 5.41) is 0. The summed E-state index contributed by atoms with van der Waals surface area (Å²) in [6.07, 6.45) is 1.75. The lowest BCUT2D eigenvalue weighted by atomic mass is 10.4. The van der Waals surface area contributed by atoms with Gasteiger partial charge in [0.2, 0.25) is 0 Å². The van der Waals surface area contributed by atoms with Crippen molar-refractivity contribution < 1.29 is 13.2 Å². The number of nitrogens with zero attached hydrogens (tertiary/aromatic N) is 2. The normalized spacial score (nSPS) is 24.0. The van der Waals surface area contributed by atoms with Gasteiger partial charge in [0.05, 0.1) is 11.5 Å². The number of urea groups is 1. The first-order valence-electron chi connectivity index (χ1n) is 5.09. The molecule has 0 radical (unpaired) electrons. The summed E-state index contributed by atoms with van der Waals surface area (Å²) >= 11 is 0. The van der Waals surface area contributed by atoms with Crippen molar-refractivity contribution >= 4 is 15.9 Å². The van der Waals surface area contributed by atoms with E-state index in [9.17, 15) is 13.2 Å². The van der Waals surface area contributed by atoms with Crippen molar-refractivity contribution in [2.24, 2.45) is 0 Å². The molecule has 0 spiro atoms. The molecular formula is C9H18N2O3S. The predicted molar refractivity (Wildman–Crippen MR) is 58.5 cm³/mol. The Hall–Kier alpha value is -0.780. The van der Waals surface area contributed by atoms with Crippen LogP contribution in [0.3, 0.4) is 0 Å². The molecule has 2 aliphatic heterocycles. The number of carbonyl (C=O) groups excluding carboxylic acids is 1. The van der Waals surface area contributed by atoms with Crippen LogP contribution in [0.4, 0.5) is 4.79 Å². The second-order valence-corrected chi connectivity index (χ2v) is 6.29. The quantitative estimate of drug-likeness (QED) is 0.600. The van der Waals surface area contributed by atoms with Crippen molar-refractivity contribution in [3.05, 3.63) is 0 Å². The van der Waals surface area contributed by atoms with Crippen molar-refractivity contribution in [3.63, 3.8) is 0 Å². The van der Waals surface area contributed by atoms with E-state index >= 15 is 0 Å². The maximum absolute atomic E-state index is 10.8. The third kappa shape index (κ3) is 3.70. The largest absolute Gasteiger partial charge is 0.326 e. The molecule has 0 saturated carbocycles. The van der Waals surface area contributed by atoms with Crippen LogP contribution < -0.4 is 0 Å². The Kier molecular flexibility index (Phi) is 3.96. The molecule has 2 heterocycles. The zero-order chi connectivity index (χ0) is 11.5. The molecule has 6 heteroatoms. The molecule has 0 unspecified atom stereocenters. The predicted octanol–water partition coefficient (Wildman–Crippen LogP) is 0.179. The molecule has 0 aromatic rings. The van der Waals surface area contributed by atoms with Gasteiger partial charge in [-0.3, -0.25) is 0 Å². The van der Waals surface area contributed by atoms with Crippen molar-refractivity contribution in [2.75, 3.05) is 38.7 Å². The first-order chi connectivity index (χ1) is 6.92. The Morgan fingerprint density at radius 1 is 1.00 bits per heavy atom. The summed E-state index contributed by atoms with van der Waals surface area (Å²) in [6, 6.07) is 0.130. The minimum absolute atomic E-state index is 0.130. The number of sulfone groups is 1. The average molecular weight is 234 g/mol.